The van der Waals surface area contributed by atoms with Gasteiger partial charge in [0.15, 0.2) is 5.60 Å². The molecule has 23 heavy (non-hydrogen) atoms. The average Bonchev–Trinajstić information content (AvgIpc) is 3.30. The Labute approximate surface area is 130 Å². The molecule has 0 saturated carbocycles. The van der Waals surface area contributed by atoms with Crippen LogP contribution in [0.25, 0.3) is 0 Å². The van der Waals surface area contributed by atoms with Gasteiger partial charge in [-0.25, -0.2) is 8.78 Å². The summed E-state index contributed by atoms with van der Waals surface area (Å²) in [7, 11) is 0. The second-order valence-electron chi connectivity index (χ2n) is 5.12. The molecule has 1 aromatic heterocycles. The maximum absolute atomic E-state index is 14.8. The SMILES string of the molecule is CC#Cc1ccc(C(F)(F)C2(c3ccc(F)cc3F)CO2)nc1. The maximum atomic E-state index is 14.8. The first-order valence-electron chi connectivity index (χ1n) is 6.77. The van der Waals surface area contributed by atoms with Crippen molar-refractivity contribution in [1.29, 1.82) is 0 Å². The molecule has 1 unspecified atom stereocenters. The Morgan fingerprint density at radius 2 is 1.96 bits per heavy atom. The lowest BCUT2D eigenvalue weighted by Crippen LogP contribution is -2.34. The summed E-state index contributed by atoms with van der Waals surface area (Å²) in [5, 5.41) is 0. The van der Waals surface area contributed by atoms with E-state index in [1.54, 1.807) is 6.92 Å². The Hall–Kier alpha value is -2.39. The van der Waals surface area contributed by atoms with E-state index in [1.165, 1.54) is 12.3 Å². The molecule has 2 aromatic rings. The molecule has 1 fully saturated rings. The Bertz CT molecular complexity index is 802. The second-order valence-corrected chi connectivity index (χ2v) is 5.12. The molecule has 0 N–H and O–H groups in total. The van der Waals surface area contributed by atoms with Crippen LogP contribution in [-0.4, -0.2) is 11.6 Å². The van der Waals surface area contributed by atoms with Gasteiger partial charge in [-0.1, -0.05) is 5.92 Å². The highest BCUT2D eigenvalue weighted by molar-refractivity contribution is 5.37. The van der Waals surface area contributed by atoms with Crippen LogP contribution in [0.4, 0.5) is 17.6 Å². The van der Waals surface area contributed by atoms with Gasteiger partial charge >= 0.3 is 5.92 Å². The van der Waals surface area contributed by atoms with E-state index in [2.05, 4.69) is 16.8 Å². The molecule has 0 amide bonds. The molecule has 1 saturated heterocycles. The molecule has 118 valence electrons. The highest BCUT2D eigenvalue weighted by atomic mass is 19.3. The number of benzene rings is 1. The summed E-state index contributed by atoms with van der Waals surface area (Å²) in [4.78, 5) is 3.72. The predicted molar refractivity (Wildman–Crippen MR) is 74.7 cm³/mol. The van der Waals surface area contributed by atoms with Crippen LogP contribution in [0.1, 0.15) is 23.7 Å². The molecule has 3 rings (SSSR count). The average molecular weight is 321 g/mol. The number of aromatic nitrogens is 1. The van der Waals surface area contributed by atoms with Crippen molar-refractivity contribution in [2.75, 3.05) is 6.61 Å². The summed E-state index contributed by atoms with van der Waals surface area (Å²) in [6.45, 7) is 1.24. The molecule has 2 nitrogen and oxygen atoms in total. The van der Waals surface area contributed by atoms with Gasteiger partial charge in [-0.05, 0) is 31.2 Å². The van der Waals surface area contributed by atoms with Gasteiger partial charge in [0.05, 0.1) is 6.61 Å². The van der Waals surface area contributed by atoms with Crippen LogP contribution < -0.4 is 0 Å². The first-order chi connectivity index (χ1) is 10.9. The zero-order valence-corrected chi connectivity index (χ0v) is 12.0. The number of pyridine rings is 1. The number of ether oxygens (including phenoxy) is 1. The lowest BCUT2D eigenvalue weighted by molar-refractivity contribution is -0.0901. The molecule has 1 aromatic carbocycles. The minimum Gasteiger partial charge on any atom is -0.357 e. The summed E-state index contributed by atoms with van der Waals surface area (Å²) in [6, 6.07) is 4.99. The number of epoxide rings is 1. The van der Waals surface area contributed by atoms with Crippen molar-refractivity contribution in [3.05, 3.63) is 65.0 Å². The van der Waals surface area contributed by atoms with Crippen LogP contribution in [0.5, 0.6) is 0 Å². The van der Waals surface area contributed by atoms with Crippen molar-refractivity contribution >= 4 is 0 Å². The van der Waals surface area contributed by atoms with Crippen LogP contribution in [0.3, 0.4) is 0 Å². The Morgan fingerprint density at radius 3 is 2.48 bits per heavy atom. The lowest BCUT2D eigenvalue weighted by atomic mass is 9.90. The number of halogens is 4. The quantitative estimate of drug-likeness (QED) is 0.489. The highest BCUT2D eigenvalue weighted by Crippen LogP contribution is 2.56. The van der Waals surface area contributed by atoms with Gasteiger partial charge in [0.2, 0.25) is 0 Å². The molecule has 0 aliphatic carbocycles. The van der Waals surface area contributed by atoms with E-state index in [0.717, 1.165) is 18.2 Å². The third-order valence-corrected chi connectivity index (χ3v) is 3.66. The van der Waals surface area contributed by atoms with Gasteiger partial charge in [0.25, 0.3) is 0 Å². The van der Waals surface area contributed by atoms with Gasteiger partial charge in [0.1, 0.15) is 17.3 Å². The fourth-order valence-corrected chi connectivity index (χ4v) is 2.40. The van der Waals surface area contributed by atoms with E-state index in [9.17, 15) is 17.6 Å². The number of hydrogen-bond donors (Lipinski definition) is 0. The molecule has 1 atom stereocenters. The number of rotatable bonds is 3. The molecular weight excluding hydrogens is 310 g/mol. The second kappa shape index (κ2) is 5.36. The number of nitrogens with zero attached hydrogens (tertiary/aromatic N) is 1. The zero-order valence-electron chi connectivity index (χ0n) is 12.0. The van der Waals surface area contributed by atoms with Gasteiger partial charge in [0, 0.05) is 23.4 Å². The fourth-order valence-electron chi connectivity index (χ4n) is 2.40. The molecule has 0 spiro atoms. The van der Waals surface area contributed by atoms with Crippen LogP contribution >= 0.6 is 0 Å². The van der Waals surface area contributed by atoms with E-state index in [4.69, 9.17) is 4.74 Å². The predicted octanol–water partition coefficient (Wildman–Crippen LogP) is 3.75. The monoisotopic (exact) mass is 321 g/mol. The van der Waals surface area contributed by atoms with E-state index in [-0.39, 0.29) is 12.2 Å². The molecule has 6 heteroatoms. The molecule has 2 heterocycles. The molecule has 0 bridgehead atoms. The van der Waals surface area contributed by atoms with Crippen LogP contribution in [0, 0.1) is 23.5 Å². The summed E-state index contributed by atoms with van der Waals surface area (Å²) in [5.74, 6) is -0.147. The normalized spacial score (nSPS) is 19.9. The van der Waals surface area contributed by atoms with Gasteiger partial charge in [-0.15, -0.1) is 5.92 Å². The van der Waals surface area contributed by atoms with Crippen LogP contribution in [0.2, 0.25) is 0 Å². The van der Waals surface area contributed by atoms with Crippen LogP contribution in [0.15, 0.2) is 36.5 Å². The van der Waals surface area contributed by atoms with Crippen molar-refractivity contribution in [2.24, 2.45) is 0 Å². The van der Waals surface area contributed by atoms with E-state index < -0.39 is 28.9 Å². The molecule has 1 aliphatic rings. The molecule has 1 aliphatic heterocycles. The summed E-state index contributed by atoms with van der Waals surface area (Å²) < 4.78 is 61.4. The minimum absolute atomic E-state index is 0.374. The number of hydrogen-bond acceptors (Lipinski definition) is 2. The highest BCUT2D eigenvalue weighted by Gasteiger charge is 2.68. The third kappa shape index (κ3) is 2.47. The standard InChI is InChI=1S/C17H11F4NO/c1-2-3-11-4-7-15(22-9-11)17(20,21)16(10-23-16)13-6-5-12(18)8-14(13)19/h4-9H,10H2,1H3. The topological polar surface area (TPSA) is 25.4 Å². The molecule has 0 radical (unpaired) electrons. The van der Waals surface area contributed by atoms with Gasteiger partial charge in [-0.3, -0.25) is 4.98 Å². The smallest absolute Gasteiger partial charge is 0.324 e. The zero-order chi connectivity index (χ0) is 16.7. The van der Waals surface area contributed by atoms with E-state index in [1.807, 2.05) is 0 Å². The third-order valence-electron chi connectivity index (χ3n) is 3.66. The van der Waals surface area contributed by atoms with Crippen molar-refractivity contribution in [1.82, 2.24) is 4.98 Å². The summed E-state index contributed by atoms with van der Waals surface area (Å²) in [6.07, 6.45) is 1.22. The van der Waals surface area contributed by atoms with Gasteiger partial charge < -0.3 is 4.74 Å². The Balaban J connectivity index is 2.02. The van der Waals surface area contributed by atoms with Crippen molar-refractivity contribution in [3.63, 3.8) is 0 Å². The van der Waals surface area contributed by atoms with Crippen LogP contribution in [-0.2, 0) is 16.3 Å². The van der Waals surface area contributed by atoms with Gasteiger partial charge in [-0.2, -0.15) is 8.78 Å². The number of alkyl halides is 2. The van der Waals surface area contributed by atoms with Crippen molar-refractivity contribution in [3.8, 4) is 11.8 Å². The van der Waals surface area contributed by atoms with Crippen molar-refractivity contribution < 1.29 is 22.3 Å². The largest absolute Gasteiger partial charge is 0.357 e. The first kappa shape index (κ1) is 15.5. The van der Waals surface area contributed by atoms with E-state index >= 15 is 0 Å². The van der Waals surface area contributed by atoms with E-state index in [0.29, 0.717) is 11.6 Å². The molecular formula is C17H11F4NO. The Morgan fingerprint density at radius 1 is 1.22 bits per heavy atom. The fraction of sp³-hybridized carbons (Fsp3) is 0.235. The lowest BCUT2D eigenvalue weighted by Gasteiger charge is -2.24. The first-order valence-corrected chi connectivity index (χ1v) is 6.77. The van der Waals surface area contributed by atoms with Crippen molar-refractivity contribution in [2.45, 2.75) is 18.4 Å². The minimum atomic E-state index is -3.57. The maximum Gasteiger partial charge on any atom is 0.324 e. The Kier molecular flexibility index (Phi) is 3.61. The summed E-state index contributed by atoms with van der Waals surface area (Å²) >= 11 is 0. The summed E-state index contributed by atoms with van der Waals surface area (Å²) in [5.41, 5.74) is -2.61.